The van der Waals surface area contributed by atoms with Crippen molar-refractivity contribution in [1.82, 2.24) is 9.36 Å². The molecule has 5 nitrogen and oxygen atoms in total. The van der Waals surface area contributed by atoms with Crippen molar-refractivity contribution in [3.05, 3.63) is 5.82 Å². The summed E-state index contributed by atoms with van der Waals surface area (Å²) in [5.74, 6) is 0.545. The zero-order chi connectivity index (χ0) is 10.9. The molecule has 1 aromatic heterocycles. The van der Waals surface area contributed by atoms with Crippen molar-refractivity contribution >= 4 is 22.6 Å². The van der Waals surface area contributed by atoms with Crippen LogP contribution < -0.4 is 11.1 Å². The van der Waals surface area contributed by atoms with Crippen LogP contribution in [-0.4, -0.2) is 20.8 Å². The van der Waals surface area contributed by atoms with Gasteiger partial charge in [-0.05, 0) is 19.8 Å². The minimum absolute atomic E-state index is 0.129. The van der Waals surface area contributed by atoms with Crippen LogP contribution in [0.4, 0.5) is 5.13 Å². The van der Waals surface area contributed by atoms with Gasteiger partial charge in [-0.3, -0.25) is 10.1 Å². The molecule has 15 heavy (non-hydrogen) atoms. The summed E-state index contributed by atoms with van der Waals surface area (Å²) in [6, 6.07) is 0. The lowest BCUT2D eigenvalue weighted by atomic mass is 9.98. The van der Waals surface area contributed by atoms with Crippen molar-refractivity contribution in [1.29, 1.82) is 0 Å². The van der Waals surface area contributed by atoms with Crippen LogP contribution >= 0.6 is 11.5 Å². The summed E-state index contributed by atoms with van der Waals surface area (Å²) in [7, 11) is 0. The molecule has 0 spiro atoms. The van der Waals surface area contributed by atoms with Gasteiger partial charge in [0.2, 0.25) is 11.0 Å². The SMILES string of the molecule is Cc1nsc(NC(=O)C2(N)CCCC2)n1. The maximum absolute atomic E-state index is 11.8. The summed E-state index contributed by atoms with van der Waals surface area (Å²) in [6.45, 7) is 1.79. The van der Waals surface area contributed by atoms with Crippen molar-refractivity contribution in [2.45, 2.75) is 38.1 Å². The summed E-state index contributed by atoms with van der Waals surface area (Å²) in [5.41, 5.74) is 5.31. The minimum Gasteiger partial charge on any atom is -0.317 e. The first-order valence-corrected chi connectivity index (χ1v) is 5.78. The molecule has 1 aromatic rings. The number of nitrogens with zero attached hydrogens (tertiary/aromatic N) is 2. The van der Waals surface area contributed by atoms with Gasteiger partial charge in [0.25, 0.3) is 0 Å². The van der Waals surface area contributed by atoms with E-state index in [1.165, 1.54) is 11.5 Å². The summed E-state index contributed by atoms with van der Waals surface area (Å²) >= 11 is 1.19. The number of amides is 1. The number of anilines is 1. The number of aromatic nitrogens is 2. The summed E-state index contributed by atoms with van der Waals surface area (Å²) < 4.78 is 3.99. The maximum Gasteiger partial charge on any atom is 0.246 e. The lowest BCUT2D eigenvalue weighted by molar-refractivity contribution is -0.121. The van der Waals surface area contributed by atoms with Crippen LogP contribution in [0.2, 0.25) is 0 Å². The zero-order valence-electron chi connectivity index (χ0n) is 8.62. The number of nitrogens with one attached hydrogen (secondary N) is 1. The fourth-order valence-electron chi connectivity index (χ4n) is 1.80. The number of carbonyl (C=O) groups is 1. The number of hydrogen-bond donors (Lipinski definition) is 2. The Balaban J connectivity index is 2.03. The fourth-order valence-corrected chi connectivity index (χ4v) is 2.37. The molecule has 1 aliphatic carbocycles. The fraction of sp³-hybridized carbons (Fsp3) is 0.667. The van der Waals surface area contributed by atoms with E-state index >= 15 is 0 Å². The van der Waals surface area contributed by atoms with E-state index in [2.05, 4.69) is 14.7 Å². The molecule has 82 valence electrons. The molecule has 3 N–H and O–H groups in total. The second-order valence-electron chi connectivity index (χ2n) is 3.96. The molecule has 1 fully saturated rings. The molecule has 0 radical (unpaired) electrons. The quantitative estimate of drug-likeness (QED) is 0.790. The van der Waals surface area contributed by atoms with E-state index < -0.39 is 5.54 Å². The molecule has 1 heterocycles. The number of carbonyl (C=O) groups excluding carboxylic acids is 1. The van der Waals surface area contributed by atoms with Crippen LogP contribution in [0.5, 0.6) is 0 Å². The highest BCUT2D eigenvalue weighted by atomic mass is 32.1. The third-order valence-corrected chi connectivity index (χ3v) is 3.42. The van der Waals surface area contributed by atoms with E-state index in [0.717, 1.165) is 25.7 Å². The molecule has 0 unspecified atom stereocenters. The highest BCUT2D eigenvalue weighted by Gasteiger charge is 2.37. The van der Waals surface area contributed by atoms with E-state index in [1.54, 1.807) is 6.92 Å². The lowest BCUT2D eigenvalue weighted by Gasteiger charge is -2.20. The van der Waals surface area contributed by atoms with Crippen molar-refractivity contribution < 1.29 is 4.79 Å². The average molecular weight is 226 g/mol. The van der Waals surface area contributed by atoms with E-state index in [0.29, 0.717) is 11.0 Å². The molecule has 0 saturated heterocycles. The van der Waals surface area contributed by atoms with Gasteiger partial charge in [-0.2, -0.15) is 4.37 Å². The van der Waals surface area contributed by atoms with Gasteiger partial charge < -0.3 is 5.73 Å². The van der Waals surface area contributed by atoms with Crippen LogP contribution in [0.25, 0.3) is 0 Å². The number of nitrogens with two attached hydrogens (primary N) is 1. The van der Waals surface area contributed by atoms with Gasteiger partial charge >= 0.3 is 0 Å². The molecule has 6 heteroatoms. The zero-order valence-corrected chi connectivity index (χ0v) is 9.43. The van der Waals surface area contributed by atoms with Gasteiger partial charge in [-0.15, -0.1) is 0 Å². The normalized spacial score (nSPS) is 19.1. The number of hydrogen-bond acceptors (Lipinski definition) is 5. The van der Waals surface area contributed by atoms with Crippen molar-refractivity contribution in [2.24, 2.45) is 5.73 Å². The molecule has 0 aromatic carbocycles. The van der Waals surface area contributed by atoms with Crippen molar-refractivity contribution in [3.8, 4) is 0 Å². The predicted octanol–water partition coefficient (Wildman–Crippen LogP) is 1.06. The molecule has 0 aliphatic heterocycles. The highest BCUT2D eigenvalue weighted by Crippen LogP contribution is 2.28. The standard InChI is InChI=1S/C9H14N4OS/c1-6-11-8(15-13-6)12-7(14)9(10)4-2-3-5-9/h2-5,10H2,1H3,(H,11,12,13,14). The largest absolute Gasteiger partial charge is 0.317 e. The van der Waals surface area contributed by atoms with Crippen molar-refractivity contribution in [2.75, 3.05) is 5.32 Å². The Hall–Kier alpha value is -1.01. The molecule has 2 rings (SSSR count). The number of aryl methyl sites for hydroxylation is 1. The first-order valence-electron chi connectivity index (χ1n) is 5.01. The first kappa shape index (κ1) is 10.5. The highest BCUT2D eigenvalue weighted by molar-refractivity contribution is 7.09. The second kappa shape index (κ2) is 3.86. The molecule has 1 saturated carbocycles. The van der Waals surface area contributed by atoms with E-state index in [4.69, 9.17) is 5.73 Å². The van der Waals surface area contributed by atoms with Crippen molar-refractivity contribution in [3.63, 3.8) is 0 Å². The Morgan fingerprint density at radius 1 is 1.53 bits per heavy atom. The summed E-state index contributed by atoms with van der Waals surface area (Å²) in [6.07, 6.45) is 3.57. The third kappa shape index (κ3) is 2.15. The second-order valence-corrected chi connectivity index (χ2v) is 4.72. The topological polar surface area (TPSA) is 80.9 Å². The minimum atomic E-state index is -0.695. The van der Waals surface area contributed by atoms with Gasteiger partial charge in [0.05, 0.1) is 5.54 Å². The Morgan fingerprint density at radius 2 is 2.20 bits per heavy atom. The van der Waals surface area contributed by atoms with E-state index in [1.807, 2.05) is 0 Å². The molecule has 0 atom stereocenters. The molecular formula is C9H14N4OS. The van der Waals surface area contributed by atoms with E-state index in [9.17, 15) is 4.79 Å². The molecule has 1 amide bonds. The average Bonchev–Trinajstić information content (AvgIpc) is 2.76. The van der Waals surface area contributed by atoms with Gasteiger partial charge in [0.1, 0.15) is 5.82 Å². The lowest BCUT2D eigenvalue weighted by Crippen LogP contribution is -2.48. The molecule has 0 bridgehead atoms. The Bertz CT molecular complexity index is 370. The Morgan fingerprint density at radius 3 is 2.73 bits per heavy atom. The van der Waals surface area contributed by atoms with Crippen LogP contribution in [0, 0.1) is 6.92 Å². The van der Waals surface area contributed by atoms with Gasteiger partial charge in [-0.25, -0.2) is 4.98 Å². The van der Waals surface area contributed by atoms with Crippen LogP contribution in [0.15, 0.2) is 0 Å². The Labute approximate surface area is 92.3 Å². The van der Waals surface area contributed by atoms with Gasteiger partial charge in [0.15, 0.2) is 0 Å². The third-order valence-electron chi connectivity index (χ3n) is 2.70. The van der Waals surface area contributed by atoms with Crippen LogP contribution in [0.1, 0.15) is 31.5 Å². The van der Waals surface area contributed by atoms with E-state index in [-0.39, 0.29) is 5.91 Å². The number of rotatable bonds is 2. The summed E-state index contributed by atoms with van der Waals surface area (Å²) in [5, 5.41) is 3.26. The first-order chi connectivity index (χ1) is 7.10. The maximum atomic E-state index is 11.8. The Kier molecular flexibility index (Phi) is 2.70. The smallest absolute Gasteiger partial charge is 0.246 e. The predicted molar refractivity (Wildman–Crippen MR) is 58.7 cm³/mol. The molecule has 1 aliphatic rings. The molecular weight excluding hydrogens is 212 g/mol. The van der Waals surface area contributed by atoms with Gasteiger partial charge in [0, 0.05) is 11.5 Å². The van der Waals surface area contributed by atoms with Crippen LogP contribution in [-0.2, 0) is 4.79 Å². The summed E-state index contributed by atoms with van der Waals surface area (Å²) in [4.78, 5) is 15.9. The van der Waals surface area contributed by atoms with Gasteiger partial charge in [-0.1, -0.05) is 12.8 Å². The van der Waals surface area contributed by atoms with Crippen LogP contribution in [0.3, 0.4) is 0 Å². The monoisotopic (exact) mass is 226 g/mol.